The molecule has 122 valence electrons. The molecule has 0 saturated carbocycles. The Bertz CT molecular complexity index is 685. The third-order valence-electron chi connectivity index (χ3n) is 3.69. The Hall–Kier alpha value is -2.07. The molecular formula is C19H20F3N. The third kappa shape index (κ3) is 4.70. The van der Waals surface area contributed by atoms with Gasteiger partial charge < -0.3 is 5.32 Å². The van der Waals surface area contributed by atoms with E-state index in [0.717, 1.165) is 34.4 Å². The molecule has 0 aliphatic carbocycles. The minimum atomic E-state index is -4.28. The van der Waals surface area contributed by atoms with Crippen molar-refractivity contribution < 1.29 is 13.2 Å². The molecule has 0 unspecified atom stereocenters. The van der Waals surface area contributed by atoms with Gasteiger partial charge in [-0.3, -0.25) is 0 Å². The van der Waals surface area contributed by atoms with E-state index < -0.39 is 11.7 Å². The largest absolute Gasteiger partial charge is 0.416 e. The average Bonchev–Trinajstić information content (AvgIpc) is 2.46. The Morgan fingerprint density at radius 1 is 1.00 bits per heavy atom. The molecule has 0 heterocycles. The Morgan fingerprint density at radius 3 is 2.09 bits per heavy atom. The van der Waals surface area contributed by atoms with Crippen LogP contribution >= 0.6 is 0 Å². The van der Waals surface area contributed by atoms with Crippen LogP contribution < -0.4 is 5.32 Å². The summed E-state index contributed by atoms with van der Waals surface area (Å²) in [4.78, 5) is 0. The van der Waals surface area contributed by atoms with Crippen molar-refractivity contribution in [3.05, 3.63) is 76.9 Å². The van der Waals surface area contributed by atoms with Crippen LogP contribution in [0.5, 0.6) is 0 Å². The fraction of sp³-hybridized carbons (Fsp3) is 0.263. The first-order valence-electron chi connectivity index (χ1n) is 7.39. The quantitative estimate of drug-likeness (QED) is 0.784. The molecule has 4 heteroatoms. The van der Waals surface area contributed by atoms with Crippen molar-refractivity contribution in [2.45, 2.75) is 33.1 Å². The first kappa shape index (κ1) is 17.3. The number of nitrogens with one attached hydrogen (secondary N) is 1. The van der Waals surface area contributed by atoms with Crippen LogP contribution in [0.25, 0.3) is 5.57 Å². The highest BCUT2D eigenvalue weighted by Gasteiger charge is 2.29. The van der Waals surface area contributed by atoms with E-state index in [2.05, 4.69) is 18.0 Å². The number of alkyl halides is 3. The van der Waals surface area contributed by atoms with Crippen LogP contribution in [0.1, 0.15) is 34.7 Å². The molecule has 0 amide bonds. The fourth-order valence-corrected chi connectivity index (χ4v) is 2.48. The maximum Gasteiger partial charge on any atom is 0.416 e. The Balaban J connectivity index is 1.92. The van der Waals surface area contributed by atoms with Gasteiger partial charge in [0.1, 0.15) is 0 Å². The zero-order valence-electron chi connectivity index (χ0n) is 13.3. The molecule has 1 N–H and O–H groups in total. The maximum absolute atomic E-state index is 12.5. The molecule has 2 rings (SSSR count). The molecule has 0 spiro atoms. The predicted octanol–water partition coefficient (Wildman–Crippen LogP) is 5.34. The average molecular weight is 319 g/mol. The second-order valence-corrected chi connectivity index (χ2v) is 5.73. The van der Waals surface area contributed by atoms with Crippen LogP contribution in [0.3, 0.4) is 0 Å². The van der Waals surface area contributed by atoms with Gasteiger partial charge in [-0.2, -0.15) is 13.2 Å². The lowest BCUT2D eigenvalue weighted by Gasteiger charge is -2.10. The van der Waals surface area contributed by atoms with Crippen molar-refractivity contribution in [2.24, 2.45) is 0 Å². The molecule has 0 atom stereocenters. The summed E-state index contributed by atoms with van der Waals surface area (Å²) in [6.45, 7) is 9.16. The van der Waals surface area contributed by atoms with Gasteiger partial charge in [0.2, 0.25) is 0 Å². The minimum absolute atomic E-state index is 0.527. The van der Waals surface area contributed by atoms with Gasteiger partial charge >= 0.3 is 6.18 Å². The topological polar surface area (TPSA) is 12.0 Å². The van der Waals surface area contributed by atoms with Crippen molar-refractivity contribution in [3.63, 3.8) is 0 Å². The molecule has 0 aliphatic heterocycles. The van der Waals surface area contributed by atoms with Crippen molar-refractivity contribution in [3.8, 4) is 0 Å². The minimum Gasteiger partial charge on any atom is -0.309 e. The Labute approximate surface area is 134 Å². The molecule has 2 aromatic carbocycles. The first-order valence-corrected chi connectivity index (χ1v) is 7.39. The molecule has 0 radical (unpaired) electrons. The van der Waals surface area contributed by atoms with E-state index in [1.807, 2.05) is 26.0 Å². The smallest absolute Gasteiger partial charge is 0.309 e. The third-order valence-corrected chi connectivity index (χ3v) is 3.69. The van der Waals surface area contributed by atoms with E-state index in [4.69, 9.17) is 0 Å². The molecule has 0 bridgehead atoms. The highest BCUT2D eigenvalue weighted by molar-refractivity contribution is 5.64. The van der Waals surface area contributed by atoms with Gasteiger partial charge in [0.25, 0.3) is 0 Å². The van der Waals surface area contributed by atoms with E-state index in [9.17, 15) is 13.2 Å². The normalized spacial score (nSPS) is 11.5. The summed E-state index contributed by atoms with van der Waals surface area (Å²) in [5, 5.41) is 3.25. The number of rotatable bonds is 5. The molecular weight excluding hydrogens is 299 g/mol. The molecule has 0 aromatic heterocycles. The standard InChI is InChI=1S/C19H20F3N/c1-13(2)18-9-6-16(10-14(18)3)12-23-11-15-4-7-17(8-5-15)19(20,21)22/h4-10,23H,1,11-12H2,2-3H3. The number of halogens is 3. The lowest BCUT2D eigenvalue weighted by atomic mass is 10.0. The second kappa shape index (κ2) is 7.01. The van der Waals surface area contributed by atoms with Crippen LogP contribution in [0, 0.1) is 6.92 Å². The van der Waals surface area contributed by atoms with Gasteiger partial charge in [-0.15, -0.1) is 0 Å². The van der Waals surface area contributed by atoms with Crippen LogP contribution in [0.4, 0.5) is 13.2 Å². The van der Waals surface area contributed by atoms with Crippen LogP contribution in [0.15, 0.2) is 49.0 Å². The summed E-state index contributed by atoms with van der Waals surface area (Å²) < 4.78 is 37.5. The SMILES string of the molecule is C=C(C)c1ccc(CNCc2ccc(C(F)(F)F)cc2)cc1C. The molecule has 0 saturated heterocycles. The molecule has 2 aromatic rings. The van der Waals surface area contributed by atoms with E-state index >= 15 is 0 Å². The summed E-state index contributed by atoms with van der Waals surface area (Å²) >= 11 is 0. The zero-order valence-corrected chi connectivity index (χ0v) is 13.3. The van der Waals surface area contributed by atoms with Crippen molar-refractivity contribution in [1.29, 1.82) is 0 Å². The summed E-state index contributed by atoms with van der Waals surface area (Å²) in [6.07, 6.45) is -4.28. The number of hydrogen-bond donors (Lipinski definition) is 1. The van der Waals surface area contributed by atoms with Gasteiger partial charge in [0, 0.05) is 13.1 Å². The fourth-order valence-electron chi connectivity index (χ4n) is 2.48. The highest BCUT2D eigenvalue weighted by Crippen LogP contribution is 2.29. The van der Waals surface area contributed by atoms with E-state index in [1.54, 1.807) is 0 Å². The summed E-state index contributed by atoms with van der Waals surface area (Å²) in [6, 6.07) is 11.4. The molecule has 1 nitrogen and oxygen atoms in total. The Kier molecular flexibility index (Phi) is 5.26. The van der Waals surface area contributed by atoms with E-state index in [-0.39, 0.29) is 0 Å². The van der Waals surface area contributed by atoms with Crippen LogP contribution in [0.2, 0.25) is 0 Å². The van der Waals surface area contributed by atoms with Crippen LogP contribution in [-0.2, 0) is 19.3 Å². The molecule has 0 fully saturated rings. The van der Waals surface area contributed by atoms with Gasteiger partial charge in [0.15, 0.2) is 0 Å². The lowest BCUT2D eigenvalue weighted by Crippen LogP contribution is -2.13. The predicted molar refractivity (Wildman–Crippen MR) is 87.9 cm³/mol. The summed E-state index contributed by atoms with van der Waals surface area (Å²) in [5.74, 6) is 0. The number of benzene rings is 2. The summed E-state index contributed by atoms with van der Waals surface area (Å²) in [5.41, 5.74) is 4.70. The summed E-state index contributed by atoms with van der Waals surface area (Å²) in [7, 11) is 0. The van der Waals surface area contributed by atoms with Crippen molar-refractivity contribution in [1.82, 2.24) is 5.32 Å². The Morgan fingerprint density at radius 2 is 1.57 bits per heavy atom. The first-order chi connectivity index (χ1) is 10.8. The number of allylic oxidation sites excluding steroid dienone is 1. The van der Waals surface area contributed by atoms with E-state index in [0.29, 0.717) is 13.1 Å². The second-order valence-electron chi connectivity index (χ2n) is 5.73. The molecule has 23 heavy (non-hydrogen) atoms. The van der Waals surface area contributed by atoms with Gasteiger partial charge in [-0.25, -0.2) is 0 Å². The van der Waals surface area contributed by atoms with Gasteiger partial charge in [0.05, 0.1) is 5.56 Å². The van der Waals surface area contributed by atoms with Crippen LogP contribution in [-0.4, -0.2) is 0 Å². The van der Waals surface area contributed by atoms with Crippen molar-refractivity contribution >= 4 is 5.57 Å². The molecule has 0 aliphatic rings. The van der Waals surface area contributed by atoms with Crippen molar-refractivity contribution in [2.75, 3.05) is 0 Å². The zero-order chi connectivity index (χ0) is 17.0. The van der Waals surface area contributed by atoms with E-state index in [1.165, 1.54) is 17.7 Å². The monoisotopic (exact) mass is 319 g/mol. The highest BCUT2D eigenvalue weighted by atomic mass is 19.4. The van der Waals surface area contributed by atoms with Gasteiger partial charge in [-0.1, -0.05) is 42.5 Å². The van der Waals surface area contributed by atoms with Gasteiger partial charge in [-0.05, 0) is 48.2 Å². The lowest BCUT2D eigenvalue weighted by molar-refractivity contribution is -0.137. The number of aryl methyl sites for hydroxylation is 1. The number of hydrogen-bond acceptors (Lipinski definition) is 1. The maximum atomic E-state index is 12.5.